The van der Waals surface area contributed by atoms with Crippen LogP contribution >= 0.6 is 23.2 Å². The number of hydrogen-bond acceptors (Lipinski definition) is 29. The van der Waals surface area contributed by atoms with Gasteiger partial charge in [-0.1, -0.05) is 59.3 Å². The maximum atomic E-state index is 11.9. The number of aliphatic hydroxyl groups excluding tert-OH is 3. The number of carbonyl (C=O) groups is 6. The van der Waals surface area contributed by atoms with Crippen molar-refractivity contribution in [2.24, 2.45) is 0 Å². The Morgan fingerprint density at radius 1 is 0.376 bits per heavy atom. The molecule has 3 amide bonds. The topological polar surface area (TPSA) is 449 Å². The number of benzene rings is 3. The molecule has 3 aromatic carbocycles. The van der Waals surface area contributed by atoms with E-state index in [2.05, 4.69) is 38.6 Å². The highest BCUT2D eigenvalue weighted by Gasteiger charge is 2.18. The van der Waals surface area contributed by atoms with Crippen molar-refractivity contribution in [3.05, 3.63) is 86.5 Å². The van der Waals surface area contributed by atoms with Gasteiger partial charge in [0.25, 0.3) is 15.6 Å². The first-order valence-electron chi connectivity index (χ1n) is 33.4. The lowest BCUT2D eigenvalue weighted by Crippen LogP contribution is -2.25. The molecule has 0 aromatic heterocycles. The lowest BCUT2D eigenvalue weighted by molar-refractivity contribution is -0.232. The van der Waals surface area contributed by atoms with E-state index in [0.29, 0.717) is 108 Å². The molecule has 0 aliphatic rings. The maximum Gasteiger partial charge on any atom is 0.407 e. The Balaban J connectivity index is 0.000000758. The molecule has 0 aliphatic heterocycles. The van der Waals surface area contributed by atoms with Gasteiger partial charge in [0.15, 0.2) is 21.2 Å². The Kier molecular flexibility index (Phi) is 50.3. The summed E-state index contributed by atoms with van der Waals surface area (Å²) in [5, 5.41) is 33.4. The SMILES string of the molecule is CCCOCC(=O)Oc1c(C)cc(COC(=O)NCCCCCCOP(=O)([O-])CO)cc1C.CCCOCC(=O)Oc1c(C)cc(COC(=O)NCCCCCCOP(=O)([O-])OCO)cc1C.CCCOCC(=O)Oc1c(C)cc(COC(=O)NCCCCCCOP(=O)([O-])OCO)cc1C. The average molecular weight is 1500 g/mol. The minimum absolute atomic E-state index is 0.0281. The molecule has 0 heterocycles. The number of rotatable bonds is 50. The molecular weight excluding hydrogens is 1390 g/mol. The standard InChI is InChI=1S/2C22H36NO10P.C22H36NO9P/c2*1-4-10-29-15-20(25)33-21-17(2)12-19(13-18(21)3)14-30-22(26)23-9-7-5-6-8-11-31-34(27,28)32-16-24;1-4-10-29-15-20(25)32-21-17(2)12-19(13-18(21)3)14-30-22(26)23-9-7-5-6-8-11-31-33(27,28)16-24/h2*12-13,24H,4-11,14-16H2,1-3H3,(H,23,26)(H,27,28);12-13,24H,4-11,14-16H2,1-3H3,(H,23,26)(H,27,28)/p-3. The largest absolute Gasteiger partial charge is 0.777 e. The molecule has 3 rings (SSSR count). The van der Waals surface area contributed by atoms with E-state index < -0.39 is 79.4 Å². The van der Waals surface area contributed by atoms with Crippen molar-refractivity contribution in [2.75, 3.05) is 99.0 Å². The van der Waals surface area contributed by atoms with Gasteiger partial charge in [0.05, 0.1) is 19.8 Å². The highest BCUT2D eigenvalue weighted by molar-refractivity contribution is 7.51. The number of esters is 3. The first kappa shape index (κ1) is 93.0. The predicted molar refractivity (Wildman–Crippen MR) is 362 cm³/mol. The molecule has 0 aliphatic carbocycles. The van der Waals surface area contributed by atoms with Gasteiger partial charge in [-0.25, -0.2) is 28.8 Å². The lowest BCUT2D eigenvalue weighted by Gasteiger charge is -2.21. The summed E-state index contributed by atoms with van der Waals surface area (Å²) in [6, 6.07) is 10.8. The molecule has 0 saturated carbocycles. The second-order valence-electron chi connectivity index (χ2n) is 22.7. The number of amides is 3. The second-order valence-corrected chi connectivity index (χ2v) is 27.3. The van der Waals surface area contributed by atoms with Crippen molar-refractivity contribution in [1.82, 2.24) is 16.0 Å². The maximum absolute atomic E-state index is 11.9. The Bertz CT molecular complexity index is 2860. The van der Waals surface area contributed by atoms with E-state index in [1.807, 2.05) is 62.3 Å². The summed E-state index contributed by atoms with van der Waals surface area (Å²) in [7, 11) is -12.9. The Morgan fingerprint density at radius 2 is 0.634 bits per heavy atom. The molecule has 3 atom stereocenters. The number of unbranched alkanes of at least 4 members (excludes halogenated alkanes) is 9. The van der Waals surface area contributed by atoms with Crippen LogP contribution in [-0.2, 0) is 98.9 Å². The van der Waals surface area contributed by atoms with E-state index in [-0.39, 0.29) is 59.5 Å². The molecule has 101 heavy (non-hydrogen) atoms. The fourth-order valence-corrected chi connectivity index (χ4v) is 10.5. The van der Waals surface area contributed by atoms with E-state index in [0.717, 1.165) is 95.0 Å². The van der Waals surface area contributed by atoms with Crippen LogP contribution in [0.5, 0.6) is 17.2 Å². The fraction of sp³-hybridized carbons (Fsp3) is 0.636. The van der Waals surface area contributed by atoms with Crippen LogP contribution in [-0.4, -0.2) is 151 Å². The zero-order chi connectivity index (χ0) is 75.5. The van der Waals surface area contributed by atoms with Gasteiger partial charge >= 0.3 is 36.2 Å². The predicted octanol–water partition coefficient (Wildman–Crippen LogP) is 8.69. The van der Waals surface area contributed by atoms with Crippen LogP contribution in [0.25, 0.3) is 0 Å². The third-order valence-corrected chi connectivity index (χ3v) is 16.2. The highest BCUT2D eigenvalue weighted by atomic mass is 31.2. The molecule has 3 aromatic rings. The lowest BCUT2D eigenvalue weighted by atomic mass is 10.1. The summed E-state index contributed by atoms with van der Waals surface area (Å²) in [4.78, 5) is 104. The molecule has 0 bridgehead atoms. The molecule has 6 N–H and O–H groups in total. The van der Waals surface area contributed by atoms with Crippen molar-refractivity contribution < 1.29 is 138 Å². The highest BCUT2D eigenvalue weighted by Crippen LogP contribution is 2.39. The molecule has 3 unspecified atom stereocenters. The normalized spacial score (nSPS) is 12.7. The Hall–Kier alpha value is -5.99. The number of nitrogens with one attached hydrogen (secondary N) is 3. The zero-order valence-corrected chi connectivity index (χ0v) is 62.3. The summed E-state index contributed by atoms with van der Waals surface area (Å²) in [6.07, 6.45) is 7.94. The molecule has 0 fully saturated rings. The Labute approximate surface area is 592 Å². The number of aliphatic hydroxyl groups is 3. The van der Waals surface area contributed by atoms with Gasteiger partial charge in [-0.05, 0) is 186 Å². The number of phosphoric ester groups is 2. The summed E-state index contributed by atoms with van der Waals surface area (Å²) in [5.74, 6) is 0.0490. The van der Waals surface area contributed by atoms with Gasteiger partial charge in [0, 0.05) is 39.5 Å². The van der Waals surface area contributed by atoms with E-state index in [1.165, 1.54) is 0 Å². The van der Waals surface area contributed by atoms with Crippen molar-refractivity contribution in [3.63, 3.8) is 0 Å². The van der Waals surface area contributed by atoms with E-state index >= 15 is 0 Å². The number of carbonyl (C=O) groups excluding carboxylic acids is 6. The smallest absolute Gasteiger partial charge is 0.407 e. The molecule has 35 heteroatoms. The van der Waals surface area contributed by atoms with Gasteiger partial charge < -0.3 is 107 Å². The zero-order valence-electron chi connectivity index (χ0n) is 59.6. The quantitative estimate of drug-likeness (QED) is 0.00768. The minimum Gasteiger partial charge on any atom is -0.777 e. The number of alkyl carbamates (subject to hydrolysis) is 3. The monoisotopic (exact) mass is 1500 g/mol. The third-order valence-electron chi connectivity index (χ3n) is 13.4. The van der Waals surface area contributed by atoms with E-state index in [4.69, 9.17) is 58.0 Å². The van der Waals surface area contributed by atoms with Crippen LogP contribution in [0.15, 0.2) is 36.4 Å². The summed E-state index contributed by atoms with van der Waals surface area (Å²) in [6.45, 7) is 17.5. The van der Waals surface area contributed by atoms with Crippen molar-refractivity contribution >= 4 is 59.4 Å². The van der Waals surface area contributed by atoms with Crippen molar-refractivity contribution in [2.45, 2.75) is 178 Å². The minimum atomic E-state index is -4.42. The number of phosphoric acid groups is 2. The first-order valence-corrected chi connectivity index (χ1v) is 38.0. The fourth-order valence-electron chi connectivity index (χ4n) is 8.91. The van der Waals surface area contributed by atoms with E-state index in [1.54, 1.807) is 36.4 Å². The second kappa shape index (κ2) is 54.6. The Morgan fingerprint density at radius 3 is 0.881 bits per heavy atom. The molecule has 32 nitrogen and oxygen atoms in total. The number of aryl methyl sites for hydroxylation is 6. The number of hydrogen-bond donors (Lipinski definition) is 6. The molecule has 0 radical (unpaired) electrons. The molecule has 0 spiro atoms. The van der Waals surface area contributed by atoms with Crippen LogP contribution in [0.1, 0.15) is 167 Å². The van der Waals surface area contributed by atoms with Crippen LogP contribution in [0.4, 0.5) is 14.4 Å². The van der Waals surface area contributed by atoms with Crippen LogP contribution in [0.3, 0.4) is 0 Å². The summed E-state index contributed by atoms with van der Waals surface area (Å²) >= 11 is 0. The van der Waals surface area contributed by atoms with Gasteiger partial charge in [-0.15, -0.1) is 0 Å². The van der Waals surface area contributed by atoms with Crippen LogP contribution < -0.4 is 44.8 Å². The van der Waals surface area contributed by atoms with Gasteiger partial charge in [0.2, 0.25) is 0 Å². The summed E-state index contributed by atoms with van der Waals surface area (Å²) < 4.78 is 102. The van der Waals surface area contributed by atoms with E-state index in [9.17, 15) is 57.1 Å². The molecule has 0 saturated heterocycles. The van der Waals surface area contributed by atoms with Gasteiger partial charge in [-0.2, -0.15) is 0 Å². The third kappa shape index (κ3) is 46.4. The average Bonchev–Trinajstić information content (AvgIpc) is 0.853. The van der Waals surface area contributed by atoms with Crippen molar-refractivity contribution in [1.29, 1.82) is 0 Å². The summed E-state index contributed by atoms with van der Waals surface area (Å²) in [5.41, 5.74) is 6.85. The molecular formula is C66H105N3O29P3-3. The molecule has 576 valence electrons. The van der Waals surface area contributed by atoms with Crippen LogP contribution in [0, 0.1) is 41.5 Å². The first-order chi connectivity index (χ1) is 48.0. The van der Waals surface area contributed by atoms with Crippen molar-refractivity contribution in [3.8, 4) is 17.2 Å². The van der Waals surface area contributed by atoms with Gasteiger partial charge in [0.1, 0.15) is 63.2 Å². The van der Waals surface area contributed by atoms with Gasteiger partial charge in [-0.3, -0.25) is 18.2 Å². The van der Waals surface area contributed by atoms with Crippen LogP contribution in [0.2, 0.25) is 0 Å². The number of ether oxygens (including phenoxy) is 9.